The van der Waals surface area contributed by atoms with E-state index >= 15 is 0 Å². The van der Waals surface area contributed by atoms with Crippen LogP contribution in [0.1, 0.15) is 5.56 Å². The van der Waals surface area contributed by atoms with E-state index in [0.29, 0.717) is 44.3 Å². The quantitative estimate of drug-likeness (QED) is 0.406. The van der Waals surface area contributed by atoms with Crippen LogP contribution in [0.25, 0.3) is 16.9 Å². The molecule has 0 aliphatic rings. The fourth-order valence-electron chi connectivity index (χ4n) is 2.82. The van der Waals surface area contributed by atoms with Crippen LogP contribution in [0.2, 0.25) is 5.02 Å². The van der Waals surface area contributed by atoms with Gasteiger partial charge in [0.2, 0.25) is 5.16 Å². The van der Waals surface area contributed by atoms with Crippen LogP contribution in [-0.4, -0.2) is 34.0 Å². The van der Waals surface area contributed by atoms with E-state index in [4.69, 9.17) is 21.1 Å². The summed E-state index contributed by atoms with van der Waals surface area (Å²) in [5.74, 6) is 1.21. The van der Waals surface area contributed by atoms with Crippen LogP contribution in [0.5, 0.6) is 11.5 Å². The molecule has 0 saturated carbocycles. The molecule has 148 valence electrons. The molecule has 4 aromatic rings. The Morgan fingerprint density at radius 2 is 1.86 bits per heavy atom. The van der Waals surface area contributed by atoms with E-state index < -0.39 is 0 Å². The lowest BCUT2D eigenvalue weighted by atomic mass is 10.1. The zero-order valence-electron chi connectivity index (χ0n) is 15.6. The maximum absolute atomic E-state index is 14.0. The number of hydrogen-bond acceptors (Lipinski definition) is 6. The van der Waals surface area contributed by atoms with Crippen molar-refractivity contribution in [2.75, 3.05) is 14.2 Å². The van der Waals surface area contributed by atoms with Crippen LogP contribution in [-0.2, 0) is 5.75 Å². The summed E-state index contributed by atoms with van der Waals surface area (Å²) < 4.78 is 26.3. The van der Waals surface area contributed by atoms with Gasteiger partial charge in [0.15, 0.2) is 17.1 Å². The van der Waals surface area contributed by atoms with Crippen molar-refractivity contribution in [1.29, 1.82) is 0 Å². The number of rotatable bonds is 6. The number of hydrogen-bond donors (Lipinski definition) is 0. The molecule has 0 bridgehead atoms. The van der Waals surface area contributed by atoms with Crippen LogP contribution in [0, 0.1) is 5.82 Å². The van der Waals surface area contributed by atoms with E-state index in [-0.39, 0.29) is 5.82 Å². The molecule has 2 heterocycles. The minimum Gasteiger partial charge on any atom is -0.493 e. The highest BCUT2D eigenvalue weighted by Gasteiger charge is 2.14. The van der Waals surface area contributed by atoms with Crippen molar-refractivity contribution in [2.45, 2.75) is 10.9 Å². The molecular formula is C20H16ClFN4O2S. The van der Waals surface area contributed by atoms with Crippen LogP contribution in [0.4, 0.5) is 4.39 Å². The molecule has 0 fully saturated rings. The van der Waals surface area contributed by atoms with Gasteiger partial charge in [-0.1, -0.05) is 29.4 Å². The number of aromatic nitrogens is 4. The summed E-state index contributed by atoms with van der Waals surface area (Å²) in [6, 6.07) is 13.9. The van der Waals surface area contributed by atoms with Crippen molar-refractivity contribution in [3.63, 3.8) is 0 Å². The van der Waals surface area contributed by atoms with Crippen molar-refractivity contribution in [3.05, 3.63) is 64.9 Å². The second-order valence-electron chi connectivity index (χ2n) is 6.03. The summed E-state index contributed by atoms with van der Waals surface area (Å²) in [5, 5.41) is 13.9. The summed E-state index contributed by atoms with van der Waals surface area (Å²) >= 11 is 7.43. The Kier molecular flexibility index (Phi) is 5.55. The summed E-state index contributed by atoms with van der Waals surface area (Å²) in [7, 11) is 3.17. The Morgan fingerprint density at radius 1 is 1.03 bits per heavy atom. The topological polar surface area (TPSA) is 61.5 Å². The molecule has 0 aliphatic carbocycles. The Bertz CT molecular complexity index is 1160. The van der Waals surface area contributed by atoms with Crippen molar-refractivity contribution in [2.24, 2.45) is 0 Å². The third kappa shape index (κ3) is 3.86. The van der Waals surface area contributed by atoms with Crippen LogP contribution < -0.4 is 9.47 Å². The lowest BCUT2D eigenvalue weighted by molar-refractivity contribution is 0.355. The molecule has 0 aliphatic heterocycles. The number of benzene rings is 2. The molecule has 0 radical (unpaired) electrons. The summed E-state index contributed by atoms with van der Waals surface area (Å²) in [6.07, 6.45) is 0. The highest BCUT2D eigenvalue weighted by molar-refractivity contribution is 7.98. The van der Waals surface area contributed by atoms with E-state index in [9.17, 15) is 4.39 Å². The van der Waals surface area contributed by atoms with Crippen molar-refractivity contribution >= 4 is 29.0 Å². The average molecular weight is 431 g/mol. The normalized spacial score (nSPS) is 11.0. The second-order valence-corrected chi connectivity index (χ2v) is 7.38. The molecule has 0 spiro atoms. The largest absolute Gasteiger partial charge is 0.493 e. The number of thioether (sulfide) groups is 1. The molecule has 0 atom stereocenters. The minimum atomic E-state index is -0.349. The van der Waals surface area contributed by atoms with E-state index in [1.165, 1.54) is 17.8 Å². The fraction of sp³-hybridized carbons (Fsp3) is 0.150. The first kappa shape index (κ1) is 19.5. The van der Waals surface area contributed by atoms with Crippen LogP contribution in [0.15, 0.2) is 53.7 Å². The maximum Gasteiger partial charge on any atom is 0.212 e. The smallest absolute Gasteiger partial charge is 0.212 e. The van der Waals surface area contributed by atoms with Gasteiger partial charge in [0.1, 0.15) is 5.82 Å². The molecule has 0 saturated heterocycles. The summed E-state index contributed by atoms with van der Waals surface area (Å²) in [6.45, 7) is 0. The predicted octanol–water partition coefficient (Wildman–Crippen LogP) is 4.89. The van der Waals surface area contributed by atoms with Gasteiger partial charge in [0.25, 0.3) is 0 Å². The number of methoxy groups -OCH3 is 2. The van der Waals surface area contributed by atoms with Gasteiger partial charge >= 0.3 is 0 Å². The Balaban J connectivity index is 1.66. The molecule has 29 heavy (non-hydrogen) atoms. The Labute approximate surface area is 175 Å². The van der Waals surface area contributed by atoms with Gasteiger partial charge in [-0.25, -0.2) is 4.39 Å². The van der Waals surface area contributed by atoms with Crippen molar-refractivity contribution < 1.29 is 13.9 Å². The number of fused-ring (bicyclic) bond motifs is 1. The van der Waals surface area contributed by atoms with Gasteiger partial charge in [0, 0.05) is 21.9 Å². The molecule has 9 heteroatoms. The Morgan fingerprint density at radius 3 is 2.62 bits per heavy atom. The van der Waals surface area contributed by atoms with Gasteiger partial charge in [-0.15, -0.1) is 10.2 Å². The molecule has 0 amide bonds. The zero-order chi connectivity index (χ0) is 20.4. The van der Waals surface area contributed by atoms with Crippen LogP contribution in [0.3, 0.4) is 0 Å². The summed E-state index contributed by atoms with van der Waals surface area (Å²) in [5.41, 5.74) is 2.58. The second kappa shape index (κ2) is 8.26. The monoisotopic (exact) mass is 430 g/mol. The van der Waals surface area contributed by atoms with Gasteiger partial charge in [0.05, 0.1) is 19.9 Å². The zero-order valence-corrected chi connectivity index (χ0v) is 17.2. The number of nitrogens with zero attached hydrogens (tertiary/aromatic N) is 4. The summed E-state index contributed by atoms with van der Waals surface area (Å²) in [4.78, 5) is 0. The van der Waals surface area contributed by atoms with Gasteiger partial charge < -0.3 is 9.47 Å². The maximum atomic E-state index is 14.0. The fourth-order valence-corrected chi connectivity index (χ4v) is 4.05. The molecule has 0 N–H and O–H groups in total. The molecule has 2 aromatic heterocycles. The first-order valence-corrected chi connectivity index (χ1v) is 9.97. The van der Waals surface area contributed by atoms with Crippen molar-refractivity contribution in [3.8, 4) is 22.8 Å². The predicted molar refractivity (Wildman–Crippen MR) is 110 cm³/mol. The van der Waals surface area contributed by atoms with Gasteiger partial charge in [-0.05, 0) is 42.5 Å². The number of halogens is 2. The third-order valence-electron chi connectivity index (χ3n) is 4.32. The van der Waals surface area contributed by atoms with E-state index in [2.05, 4.69) is 15.3 Å². The van der Waals surface area contributed by atoms with E-state index in [1.54, 1.807) is 30.9 Å². The Hall–Kier alpha value is -2.84. The lowest BCUT2D eigenvalue weighted by Gasteiger charge is -2.09. The third-order valence-corrected chi connectivity index (χ3v) is 5.62. The molecule has 6 nitrogen and oxygen atoms in total. The number of ether oxygens (including phenoxy) is 2. The standard InChI is InChI=1S/C20H16ClFN4O2S/c1-27-17-8-6-12(10-18(17)28-2)16-7-9-19-23-24-20(26(19)25-16)29-11-13-14(21)4-3-5-15(13)22/h3-10H,11H2,1-2H3. The highest BCUT2D eigenvalue weighted by atomic mass is 35.5. The first-order chi connectivity index (χ1) is 14.1. The van der Waals surface area contributed by atoms with Gasteiger partial charge in [-0.3, -0.25) is 0 Å². The SMILES string of the molecule is COc1ccc(-c2ccc3nnc(SCc4c(F)cccc4Cl)n3n2)cc1OC. The molecule has 2 aromatic carbocycles. The van der Waals surface area contributed by atoms with Gasteiger partial charge in [-0.2, -0.15) is 9.61 Å². The van der Waals surface area contributed by atoms with E-state index in [1.807, 2.05) is 30.3 Å². The highest BCUT2D eigenvalue weighted by Crippen LogP contribution is 2.32. The first-order valence-electron chi connectivity index (χ1n) is 8.61. The molecule has 4 rings (SSSR count). The molecular weight excluding hydrogens is 415 g/mol. The molecule has 0 unspecified atom stereocenters. The average Bonchev–Trinajstić information content (AvgIpc) is 3.15. The van der Waals surface area contributed by atoms with Crippen LogP contribution >= 0.6 is 23.4 Å². The lowest BCUT2D eigenvalue weighted by Crippen LogP contribution is -1.98. The van der Waals surface area contributed by atoms with Crippen molar-refractivity contribution in [1.82, 2.24) is 19.8 Å². The van der Waals surface area contributed by atoms with E-state index in [0.717, 1.165) is 5.56 Å². The minimum absolute atomic E-state index is 0.314.